The predicted octanol–water partition coefficient (Wildman–Crippen LogP) is 5.49. The van der Waals surface area contributed by atoms with Crippen molar-refractivity contribution < 1.29 is 13.9 Å². The van der Waals surface area contributed by atoms with E-state index in [1.165, 1.54) is 5.57 Å². The molecule has 1 unspecified atom stereocenters. The first-order valence-corrected chi connectivity index (χ1v) is 11.1. The van der Waals surface area contributed by atoms with Crippen molar-refractivity contribution in [2.75, 3.05) is 27.3 Å². The van der Waals surface area contributed by atoms with Crippen molar-refractivity contribution in [3.63, 3.8) is 0 Å². The van der Waals surface area contributed by atoms with Gasteiger partial charge in [-0.3, -0.25) is 4.90 Å². The van der Waals surface area contributed by atoms with Gasteiger partial charge in [-0.2, -0.15) is 0 Å². The van der Waals surface area contributed by atoms with Crippen LogP contribution >= 0.6 is 0 Å². The quantitative estimate of drug-likeness (QED) is 0.537. The molecule has 1 atom stereocenters. The van der Waals surface area contributed by atoms with Gasteiger partial charge < -0.3 is 14.8 Å². The molecule has 168 valence electrons. The van der Waals surface area contributed by atoms with Gasteiger partial charge in [-0.25, -0.2) is 4.39 Å². The van der Waals surface area contributed by atoms with E-state index in [9.17, 15) is 4.39 Å². The average molecular weight is 427 g/mol. The second kappa shape index (κ2) is 11.3. The topological polar surface area (TPSA) is 33.7 Å². The number of allylic oxidation sites excluding steroid dienone is 1. The van der Waals surface area contributed by atoms with Gasteiger partial charge in [0.1, 0.15) is 5.82 Å². The van der Waals surface area contributed by atoms with E-state index in [1.807, 2.05) is 24.3 Å². The summed E-state index contributed by atoms with van der Waals surface area (Å²) in [6.07, 6.45) is 5.35. The molecule has 0 saturated carbocycles. The van der Waals surface area contributed by atoms with Crippen LogP contribution in [0.5, 0.6) is 11.5 Å². The van der Waals surface area contributed by atoms with Crippen molar-refractivity contribution in [1.82, 2.24) is 10.2 Å². The number of benzene rings is 2. The third-order valence-electron chi connectivity index (χ3n) is 5.91. The van der Waals surface area contributed by atoms with Gasteiger partial charge in [-0.1, -0.05) is 35.9 Å². The molecule has 31 heavy (non-hydrogen) atoms. The van der Waals surface area contributed by atoms with Gasteiger partial charge in [0.15, 0.2) is 11.5 Å². The number of para-hydroxylation sites is 1. The van der Waals surface area contributed by atoms with Crippen molar-refractivity contribution in [2.24, 2.45) is 0 Å². The largest absolute Gasteiger partial charge is 0.493 e. The van der Waals surface area contributed by atoms with E-state index in [-0.39, 0.29) is 11.9 Å². The lowest BCUT2D eigenvalue weighted by atomic mass is 9.97. The Hall–Kier alpha value is -2.37. The number of hydrogen-bond acceptors (Lipinski definition) is 4. The number of likely N-dealkylation sites (tertiary alicyclic amines) is 1. The maximum Gasteiger partial charge on any atom is 0.165 e. The van der Waals surface area contributed by atoms with E-state index < -0.39 is 0 Å². The molecule has 1 aliphatic rings. The number of ether oxygens (including phenoxy) is 2. The molecule has 3 rings (SSSR count). The number of hydrogen-bond donors (Lipinski definition) is 1. The molecule has 1 fully saturated rings. The Labute approximate surface area is 186 Å². The van der Waals surface area contributed by atoms with Gasteiger partial charge in [0.25, 0.3) is 0 Å². The third kappa shape index (κ3) is 6.55. The number of rotatable bonds is 9. The highest BCUT2D eigenvalue weighted by molar-refractivity contribution is 5.48. The van der Waals surface area contributed by atoms with Crippen LogP contribution in [0.2, 0.25) is 0 Å². The molecular weight excluding hydrogens is 391 g/mol. The highest BCUT2D eigenvalue weighted by Gasteiger charge is 2.25. The lowest BCUT2D eigenvalue weighted by Gasteiger charge is -2.35. The molecule has 2 aromatic rings. The SMILES string of the molecule is COc1cccc(C(CC=C(C)C)NC2CCN(Cc3ccc(F)cc3)CC2)c1OC. The second-order valence-electron chi connectivity index (χ2n) is 8.50. The summed E-state index contributed by atoms with van der Waals surface area (Å²) in [7, 11) is 3.38. The molecule has 1 N–H and O–H groups in total. The maximum absolute atomic E-state index is 13.1. The molecule has 0 bridgehead atoms. The van der Waals surface area contributed by atoms with E-state index in [4.69, 9.17) is 9.47 Å². The fraction of sp³-hybridized carbons (Fsp3) is 0.462. The Kier molecular flexibility index (Phi) is 8.50. The standard InChI is InChI=1S/C26H35FN2O2/c1-19(2)8-13-24(23-6-5-7-25(30-3)26(23)31-4)28-22-14-16-29(17-15-22)18-20-9-11-21(27)12-10-20/h5-12,22,24,28H,13-18H2,1-4H3. The van der Waals surface area contributed by atoms with Crippen LogP contribution in [0.3, 0.4) is 0 Å². The smallest absolute Gasteiger partial charge is 0.165 e. The molecule has 0 amide bonds. The van der Waals surface area contributed by atoms with Crippen LogP contribution in [-0.4, -0.2) is 38.3 Å². The zero-order valence-electron chi connectivity index (χ0n) is 19.2. The van der Waals surface area contributed by atoms with Gasteiger partial charge in [0, 0.05) is 24.2 Å². The van der Waals surface area contributed by atoms with Crippen molar-refractivity contribution in [1.29, 1.82) is 0 Å². The monoisotopic (exact) mass is 426 g/mol. The van der Waals surface area contributed by atoms with Crippen LogP contribution in [-0.2, 0) is 6.54 Å². The minimum Gasteiger partial charge on any atom is -0.493 e. The normalized spacial score (nSPS) is 16.0. The first kappa shape index (κ1) is 23.3. The Bertz CT molecular complexity index is 854. The zero-order chi connectivity index (χ0) is 22.2. The molecule has 1 heterocycles. The number of halogens is 1. The molecule has 2 aromatic carbocycles. The van der Waals surface area contributed by atoms with Crippen LogP contribution in [0.25, 0.3) is 0 Å². The summed E-state index contributed by atoms with van der Waals surface area (Å²) in [5, 5.41) is 3.89. The predicted molar refractivity (Wildman–Crippen MR) is 124 cm³/mol. The third-order valence-corrected chi connectivity index (χ3v) is 5.91. The van der Waals surface area contributed by atoms with Crippen LogP contribution in [0.1, 0.15) is 50.3 Å². The van der Waals surface area contributed by atoms with Gasteiger partial charge >= 0.3 is 0 Å². The van der Waals surface area contributed by atoms with Crippen molar-refractivity contribution in [3.8, 4) is 11.5 Å². The van der Waals surface area contributed by atoms with E-state index in [0.29, 0.717) is 6.04 Å². The summed E-state index contributed by atoms with van der Waals surface area (Å²) >= 11 is 0. The second-order valence-corrected chi connectivity index (χ2v) is 8.50. The molecule has 0 aromatic heterocycles. The van der Waals surface area contributed by atoms with Crippen molar-refractivity contribution in [3.05, 3.63) is 71.1 Å². The Balaban J connectivity index is 1.66. The fourth-order valence-electron chi connectivity index (χ4n) is 4.22. The number of methoxy groups -OCH3 is 2. The molecule has 0 aliphatic carbocycles. The molecule has 4 nitrogen and oxygen atoms in total. The van der Waals surface area contributed by atoms with Crippen molar-refractivity contribution >= 4 is 0 Å². The maximum atomic E-state index is 13.1. The molecule has 1 aliphatic heterocycles. The Morgan fingerprint density at radius 2 is 1.81 bits per heavy atom. The first-order valence-electron chi connectivity index (χ1n) is 11.1. The molecule has 0 spiro atoms. The molecule has 5 heteroatoms. The summed E-state index contributed by atoms with van der Waals surface area (Å²) in [4.78, 5) is 2.45. The summed E-state index contributed by atoms with van der Waals surface area (Å²) < 4.78 is 24.4. The summed E-state index contributed by atoms with van der Waals surface area (Å²) in [5.41, 5.74) is 3.60. The van der Waals surface area contributed by atoms with E-state index in [1.54, 1.807) is 26.4 Å². The van der Waals surface area contributed by atoms with Gasteiger partial charge in [0.05, 0.1) is 14.2 Å². The van der Waals surface area contributed by atoms with Crippen LogP contribution in [0, 0.1) is 5.82 Å². The average Bonchev–Trinajstić information content (AvgIpc) is 2.78. The summed E-state index contributed by atoms with van der Waals surface area (Å²) in [5.74, 6) is 1.39. The zero-order valence-corrected chi connectivity index (χ0v) is 19.2. The van der Waals surface area contributed by atoms with Gasteiger partial charge in [-0.05, 0) is 70.0 Å². The Morgan fingerprint density at radius 1 is 1.10 bits per heavy atom. The van der Waals surface area contributed by atoms with Crippen LogP contribution < -0.4 is 14.8 Å². The Morgan fingerprint density at radius 3 is 2.42 bits per heavy atom. The van der Waals surface area contributed by atoms with Crippen LogP contribution in [0.15, 0.2) is 54.1 Å². The molecule has 1 saturated heterocycles. The van der Waals surface area contributed by atoms with Gasteiger partial charge in [0.2, 0.25) is 0 Å². The van der Waals surface area contributed by atoms with Gasteiger partial charge in [-0.15, -0.1) is 0 Å². The van der Waals surface area contributed by atoms with E-state index in [2.05, 4.69) is 36.2 Å². The van der Waals surface area contributed by atoms with E-state index in [0.717, 1.165) is 61.5 Å². The minimum absolute atomic E-state index is 0.161. The highest BCUT2D eigenvalue weighted by Crippen LogP contribution is 2.36. The van der Waals surface area contributed by atoms with Crippen LogP contribution in [0.4, 0.5) is 4.39 Å². The lowest BCUT2D eigenvalue weighted by Crippen LogP contribution is -2.43. The first-order chi connectivity index (χ1) is 15.0. The summed E-state index contributed by atoms with van der Waals surface area (Å²) in [6.45, 7) is 7.19. The number of piperidine rings is 1. The summed E-state index contributed by atoms with van der Waals surface area (Å²) in [6, 6.07) is 13.5. The lowest BCUT2D eigenvalue weighted by molar-refractivity contribution is 0.183. The highest BCUT2D eigenvalue weighted by atomic mass is 19.1. The fourth-order valence-corrected chi connectivity index (χ4v) is 4.22. The number of nitrogens with one attached hydrogen (secondary N) is 1. The number of nitrogens with zero attached hydrogens (tertiary/aromatic N) is 1. The van der Waals surface area contributed by atoms with Crippen molar-refractivity contribution in [2.45, 2.75) is 51.7 Å². The molecular formula is C26H35FN2O2. The minimum atomic E-state index is -0.179. The molecule has 0 radical (unpaired) electrons. The van der Waals surface area contributed by atoms with E-state index >= 15 is 0 Å².